The number of hydrogen-bond donors (Lipinski definition) is 0. The third kappa shape index (κ3) is 2.34. The molecule has 0 aliphatic carbocycles. The first-order valence-electron chi connectivity index (χ1n) is 5.02. The van der Waals surface area contributed by atoms with E-state index < -0.39 is 15.1 Å². The summed E-state index contributed by atoms with van der Waals surface area (Å²) < 4.78 is 24.7. The van der Waals surface area contributed by atoms with Crippen molar-refractivity contribution in [2.24, 2.45) is 0 Å². The fraction of sp³-hybridized carbons (Fsp3) is 0.0833. The molecule has 0 radical (unpaired) electrons. The highest BCUT2D eigenvalue weighted by Crippen LogP contribution is 2.29. The van der Waals surface area contributed by atoms with Crippen molar-refractivity contribution in [2.45, 2.75) is 16.7 Å². The molecule has 1 heterocycles. The van der Waals surface area contributed by atoms with E-state index in [-0.39, 0.29) is 14.7 Å². The molecule has 18 heavy (non-hydrogen) atoms. The van der Waals surface area contributed by atoms with Crippen LogP contribution in [0.2, 0.25) is 0 Å². The van der Waals surface area contributed by atoms with Gasteiger partial charge in [0.1, 0.15) is 4.88 Å². The van der Waals surface area contributed by atoms with Gasteiger partial charge in [0.25, 0.3) is 5.24 Å². The molecule has 2 aromatic rings. The van der Waals surface area contributed by atoms with Crippen LogP contribution in [0.5, 0.6) is 0 Å². The average Bonchev–Trinajstić information content (AvgIpc) is 2.78. The molecule has 0 fully saturated rings. The number of carbonyl (C=O) groups excluding carboxylic acids is 1. The number of benzene rings is 1. The molecule has 0 amide bonds. The van der Waals surface area contributed by atoms with Crippen LogP contribution in [-0.2, 0) is 9.84 Å². The first kappa shape index (κ1) is 13.3. The van der Waals surface area contributed by atoms with Crippen molar-refractivity contribution in [1.82, 2.24) is 0 Å². The summed E-state index contributed by atoms with van der Waals surface area (Å²) in [5, 5.41) is 0.786. The van der Waals surface area contributed by atoms with Crippen molar-refractivity contribution in [3.8, 4) is 0 Å². The van der Waals surface area contributed by atoms with E-state index in [0.29, 0.717) is 0 Å². The van der Waals surface area contributed by atoms with Crippen LogP contribution >= 0.6 is 22.9 Å². The van der Waals surface area contributed by atoms with Gasteiger partial charge in [-0.25, -0.2) is 8.42 Å². The van der Waals surface area contributed by atoms with Crippen molar-refractivity contribution in [2.75, 3.05) is 0 Å². The van der Waals surface area contributed by atoms with Crippen molar-refractivity contribution < 1.29 is 13.2 Å². The van der Waals surface area contributed by atoms with Gasteiger partial charge in [-0.2, -0.15) is 0 Å². The van der Waals surface area contributed by atoms with Crippen LogP contribution in [0.15, 0.2) is 45.5 Å². The molecule has 0 saturated heterocycles. The Morgan fingerprint density at radius 1 is 1.28 bits per heavy atom. The monoisotopic (exact) mass is 300 g/mol. The van der Waals surface area contributed by atoms with Gasteiger partial charge in [-0.1, -0.05) is 12.1 Å². The zero-order chi connectivity index (χ0) is 13.3. The third-order valence-corrected chi connectivity index (χ3v) is 5.53. The average molecular weight is 301 g/mol. The molecular weight excluding hydrogens is 292 g/mol. The quantitative estimate of drug-likeness (QED) is 0.818. The van der Waals surface area contributed by atoms with Crippen LogP contribution < -0.4 is 0 Å². The van der Waals surface area contributed by atoms with E-state index in [2.05, 4.69) is 0 Å². The summed E-state index contributed by atoms with van der Waals surface area (Å²) in [4.78, 5) is 11.4. The smallest absolute Gasteiger partial charge is 0.263 e. The van der Waals surface area contributed by atoms with Gasteiger partial charge in [0.05, 0.1) is 9.79 Å². The maximum Gasteiger partial charge on any atom is 0.263 e. The molecule has 0 bridgehead atoms. The number of halogens is 1. The molecule has 1 aromatic carbocycles. The van der Waals surface area contributed by atoms with Gasteiger partial charge in [0, 0.05) is 0 Å². The normalized spacial score (nSPS) is 11.4. The lowest BCUT2D eigenvalue weighted by atomic mass is 10.2. The van der Waals surface area contributed by atoms with Crippen molar-refractivity contribution >= 4 is 38.0 Å². The van der Waals surface area contributed by atoms with Crippen LogP contribution in [0.25, 0.3) is 0 Å². The molecule has 0 N–H and O–H groups in total. The SMILES string of the molecule is Cc1cccc(S(=O)(=O)c2ccsc2C(=O)Cl)c1. The van der Waals surface area contributed by atoms with Crippen molar-refractivity contribution in [3.05, 3.63) is 46.2 Å². The molecule has 0 aliphatic heterocycles. The first-order valence-corrected chi connectivity index (χ1v) is 7.76. The number of aryl methyl sites for hydroxylation is 1. The van der Waals surface area contributed by atoms with Gasteiger partial charge in [-0.3, -0.25) is 4.79 Å². The van der Waals surface area contributed by atoms with E-state index in [1.54, 1.807) is 25.1 Å². The summed E-state index contributed by atoms with van der Waals surface area (Å²) in [6, 6.07) is 7.94. The van der Waals surface area contributed by atoms with Gasteiger partial charge in [-0.05, 0) is 47.7 Å². The molecule has 0 saturated carbocycles. The Hall–Kier alpha value is -1.17. The highest BCUT2D eigenvalue weighted by atomic mass is 35.5. The molecular formula is C12H9ClO3S2. The van der Waals surface area contributed by atoms with E-state index in [0.717, 1.165) is 16.9 Å². The van der Waals surface area contributed by atoms with E-state index in [4.69, 9.17) is 11.6 Å². The first-order chi connectivity index (χ1) is 8.43. The van der Waals surface area contributed by atoms with Crippen LogP contribution in [0.1, 0.15) is 15.2 Å². The Balaban J connectivity index is 2.62. The highest BCUT2D eigenvalue weighted by molar-refractivity contribution is 7.91. The van der Waals surface area contributed by atoms with Crippen LogP contribution in [-0.4, -0.2) is 13.7 Å². The lowest BCUT2D eigenvalue weighted by Gasteiger charge is -2.04. The zero-order valence-electron chi connectivity index (χ0n) is 9.38. The molecule has 0 atom stereocenters. The van der Waals surface area contributed by atoms with Crippen molar-refractivity contribution in [3.63, 3.8) is 0 Å². The summed E-state index contributed by atoms with van der Waals surface area (Å²) in [5.74, 6) is 0. The summed E-state index contributed by atoms with van der Waals surface area (Å²) >= 11 is 6.40. The minimum absolute atomic E-state index is 0.0295. The van der Waals surface area contributed by atoms with E-state index >= 15 is 0 Å². The molecule has 94 valence electrons. The number of rotatable bonds is 3. The maximum absolute atomic E-state index is 12.4. The Morgan fingerprint density at radius 3 is 2.61 bits per heavy atom. The highest BCUT2D eigenvalue weighted by Gasteiger charge is 2.25. The second-order valence-corrected chi connectivity index (χ2v) is 6.89. The lowest BCUT2D eigenvalue weighted by Crippen LogP contribution is -2.04. The predicted molar refractivity (Wildman–Crippen MR) is 71.1 cm³/mol. The summed E-state index contributed by atoms with van der Waals surface area (Å²) in [5.41, 5.74) is 0.838. The Bertz CT molecular complexity index is 702. The van der Waals surface area contributed by atoms with E-state index in [1.165, 1.54) is 17.5 Å². The standard InChI is InChI=1S/C12H9ClO3S2/c1-8-3-2-4-9(7-8)18(15,16)10-5-6-17-11(10)12(13)14/h2-7H,1H3. The van der Waals surface area contributed by atoms with Crippen molar-refractivity contribution in [1.29, 1.82) is 0 Å². The molecule has 6 heteroatoms. The van der Waals surface area contributed by atoms with Gasteiger partial charge >= 0.3 is 0 Å². The van der Waals surface area contributed by atoms with Gasteiger partial charge in [0.2, 0.25) is 9.84 Å². The summed E-state index contributed by atoms with van der Waals surface area (Å²) in [6.45, 7) is 1.81. The molecule has 0 unspecified atom stereocenters. The van der Waals surface area contributed by atoms with Gasteiger partial charge in [0.15, 0.2) is 0 Å². The zero-order valence-corrected chi connectivity index (χ0v) is 11.8. The number of thiophene rings is 1. The van der Waals surface area contributed by atoms with Crippen LogP contribution in [0.3, 0.4) is 0 Å². The number of carbonyl (C=O) groups is 1. The fourth-order valence-electron chi connectivity index (χ4n) is 1.56. The largest absolute Gasteiger partial charge is 0.275 e. The number of hydrogen-bond acceptors (Lipinski definition) is 4. The second kappa shape index (κ2) is 4.84. The minimum atomic E-state index is -3.69. The summed E-state index contributed by atoms with van der Waals surface area (Å²) in [7, 11) is -3.69. The van der Waals surface area contributed by atoms with Crippen LogP contribution in [0.4, 0.5) is 0 Å². The van der Waals surface area contributed by atoms with E-state index in [9.17, 15) is 13.2 Å². The molecule has 0 spiro atoms. The molecule has 3 nitrogen and oxygen atoms in total. The molecule has 2 rings (SSSR count). The lowest BCUT2D eigenvalue weighted by molar-refractivity contribution is 0.108. The maximum atomic E-state index is 12.4. The Morgan fingerprint density at radius 2 is 2.00 bits per heavy atom. The number of sulfone groups is 1. The van der Waals surface area contributed by atoms with Crippen LogP contribution in [0, 0.1) is 6.92 Å². The van der Waals surface area contributed by atoms with Gasteiger partial charge < -0.3 is 0 Å². The second-order valence-electron chi connectivity index (χ2n) is 3.71. The predicted octanol–water partition coefficient (Wildman–Crippen LogP) is 3.27. The van der Waals surface area contributed by atoms with Gasteiger partial charge in [-0.15, -0.1) is 11.3 Å². The van der Waals surface area contributed by atoms with E-state index in [1.807, 2.05) is 0 Å². The molecule has 0 aliphatic rings. The molecule has 1 aromatic heterocycles. The minimum Gasteiger partial charge on any atom is -0.275 e. The third-order valence-electron chi connectivity index (χ3n) is 2.40. The topological polar surface area (TPSA) is 51.2 Å². The Kier molecular flexibility index (Phi) is 3.56. The summed E-state index contributed by atoms with van der Waals surface area (Å²) in [6.07, 6.45) is 0. The Labute approximate surface area is 114 Å². The fourth-order valence-corrected chi connectivity index (χ4v) is 4.47.